The maximum atomic E-state index is 12.6. The first-order chi connectivity index (χ1) is 11.3. The number of thioether (sulfide) groups is 1. The third-order valence-corrected chi connectivity index (χ3v) is 6.44. The number of carbonyl (C=O) groups is 1. The van der Waals surface area contributed by atoms with E-state index < -0.39 is 9.84 Å². The van der Waals surface area contributed by atoms with Crippen LogP contribution in [-0.2, 0) is 21.1 Å². The fourth-order valence-corrected chi connectivity index (χ4v) is 5.20. The van der Waals surface area contributed by atoms with E-state index in [2.05, 4.69) is 22.1 Å². The van der Waals surface area contributed by atoms with Crippen molar-refractivity contribution in [1.82, 2.24) is 20.1 Å². The monoisotopic (exact) mass is 374 g/mol. The summed E-state index contributed by atoms with van der Waals surface area (Å²) in [5.74, 6) is 1.56. The summed E-state index contributed by atoms with van der Waals surface area (Å²) < 4.78 is 23.5. The molecule has 0 saturated carbocycles. The second-order valence-electron chi connectivity index (χ2n) is 6.60. The summed E-state index contributed by atoms with van der Waals surface area (Å²) in [5, 5.41) is 7.54. The van der Waals surface area contributed by atoms with Gasteiger partial charge in [0.2, 0.25) is 11.1 Å². The summed E-state index contributed by atoms with van der Waals surface area (Å²) in [4.78, 5) is 18.7. The molecule has 0 aromatic carbocycles. The Bertz CT molecular complexity index is 657. The van der Waals surface area contributed by atoms with Crippen LogP contribution in [0.2, 0.25) is 0 Å². The van der Waals surface area contributed by atoms with Crippen molar-refractivity contribution in [1.29, 1.82) is 0 Å². The number of aryl methyl sites for hydroxylation is 1. The zero-order valence-electron chi connectivity index (χ0n) is 14.5. The van der Waals surface area contributed by atoms with E-state index >= 15 is 0 Å². The van der Waals surface area contributed by atoms with Gasteiger partial charge in [0.1, 0.15) is 5.82 Å². The van der Waals surface area contributed by atoms with E-state index in [1.54, 1.807) is 4.90 Å². The summed E-state index contributed by atoms with van der Waals surface area (Å²) in [5.41, 5.74) is 0. The minimum atomic E-state index is -3.01. The molecule has 2 heterocycles. The molecule has 1 amide bonds. The highest BCUT2D eigenvalue weighted by Crippen LogP contribution is 2.21. The minimum absolute atomic E-state index is 0.0439. The van der Waals surface area contributed by atoms with Crippen molar-refractivity contribution in [2.45, 2.75) is 51.2 Å². The third-order valence-electron chi connectivity index (χ3n) is 3.85. The quantitative estimate of drug-likeness (QED) is 0.693. The number of H-pyrrole nitrogens is 1. The van der Waals surface area contributed by atoms with Crippen molar-refractivity contribution < 1.29 is 13.2 Å². The fraction of sp³-hybridized carbons (Fsp3) is 0.800. The summed E-state index contributed by atoms with van der Waals surface area (Å²) in [7, 11) is -3.01. The lowest BCUT2D eigenvalue weighted by molar-refractivity contribution is -0.130. The van der Waals surface area contributed by atoms with E-state index in [0.717, 1.165) is 18.7 Å². The van der Waals surface area contributed by atoms with Gasteiger partial charge in [-0.1, -0.05) is 32.5 Å². The first-order valence-corrected chi connectivity index (χ1v) is 11.2. The van der Waals surface area contributed by atoms with Crippen molar-refractivity contribution in [3.63, 3.8) is 0 Å². The lowest BCUT2D eigenvalue weighted by Gasteiger charge is -2.29. The zero-order chi connectivity index (χ0) is 17.7. The van der Waals surface area contributed by atoms with Gasteiger partial charge in [-0.15, -0.1) is 5.10 Å². The Kier molecular flexibility index (Phi) is 6.68. The molecule has 7 nitrogen and oxygen atoms in total. The van der Waals surface area contributed by atoms with E-state index in [-0.39, 0.29) is 29.2 Å². The fourth-order valence-electron chi connectivity index (χ4n) is 2.77. The van der Waals surface area contributed by atoms with Gasteiger partial charge in [-0.05, 0) is 18.8 Å². The SMILES string of the molecule is CCCc1nc(SCC(=O)N(CC(C)C)[C@@H]2CCS(=O)(=O)C2)n[nH]1. The maximum Gasteiger partial charge on any atom is 0.233 e. The third kappa shape index (κ3) is 5.47. The molecule has 1 fully saturated rings. The van der Waals surface area contributed by atoms with Gasteiger partial charge in [-0.2, -0.15) is 0 Å². The van der Waals surface area contributed by atoms with Crippen molar-refractivity contribution in [2.75, 3.05) is 23.8 Å². The van der Waals surface area contributed by atoms with E-state index in [0.29, 0.717) is 24.0 Å². The van der Waals surface area contributed by atoms with Crippen LogP contribution in [0.25, 0.3) is 0 Å². The molecule has 0 aliphatic carbocycles. The van der Waals surface area contributed by atoms with Gasteiger partial charge in [0.25, 0.3) is 0 Å². The molecule has 0 bridgehead atoms. The highest BCUT2D eigenvalue weighted by molar-refractivity contribution is 7.99. The Hall–Kier alpha value is -1.09. The molecular weight excluding hydrogens is 348 g/mol. The minimum Gasteiger partial charge on any atom is -0.338 e. The topological polar surface area (TPSA) is 96.0 Å². The molecule has 9 heteroatoms. The molecule has 1 saturated heterocycles. The standard InChI is InChI=1S/C15H26N4O3S2/c1-4-5-13-16-15(18-17-13)23-9-14(20)19(8-11(2)3)12-6-7-24(21,22)10-12/h11-12H,4-10H2,1-3H3,(H,16,17,18)/t12-/m1/s1. The Morgan fingerprint density at radius 3 is 2.79 bits per heavy atom. The predicted octanol–water partition coefficient (Wildman–Crippen LogP) is 1.52. The van der Waals surface area contributed by atoms with Crippen LogP contribution in [-0.4, -0.2) is 64.3 Å². The van der Waals surface area contributed by atoms with Crippen LogP contribution in [0.1, 0.15) is 39.4 Å². The second-order valence-corrected chi connectivity index (χ2v) is 9.77. The molecule has 136 valence electrons. The highest BCUT2D eigenvalue weighted by Gasteiger charge is 2.34. The van der Waals surface area contributed by atoms with Crippen LogP contribution >= 0.6 is 11.8 Å². The van der Waals surface area contributed by atoms with Crippen LogP contribution in [0, 0.1) is 5.92 Å². The summed E-state index contributed by atoms with van der Waals surface area (Å²) in [6.07, 6.45) is 2.35. The lowest BCUT2D eigenvalue weighted by atomic mass is 10.1. The molecule has 0 radical (unpaired) electrons. The largest absolute Gasteiger partial charge is 0.338 e. The Labute approximate surface area is 147 Å². The Morgan fingerprint density at radius 2 is 2.21 bits per heavy atom. The van der Waals surface area contributed by atoms with Gasteiger partial charge < -0.3 is 4.90 Å². The summed E-state index contributed by atoms with van der Waals surface area (Å²) in [6.45, 7) is 6.71. The molecule has 0 unspecified atom stereocenters. The zero-order valence-corrected chi connectivity index (χ0v) is 16.1. The van der Waals surface area contributed by atoms with Gasteiger partial charge in [0, 0.05) is 19.0 Å². The molecule has 2 rings (SSSR count). The molecular formula is C15H26N4O3S2. The normalized spacial score (nSPS) is 19.8. The number of aromatic amines is 1. The van der Waals surface area contributed by atoms with Gasteiger partial charge in [0.15, 0.2) is 9.84 Å². The summed E-state index contributed by atoms with van der Waals surface area (Å²) >= 11 is 1.30. The number of amides is 1. The molecule has 24 heavy (non-hydrogen) atoms. The van der Waals surface area contributed by atoms with E-state index in [1.165, 1.54) is 11.8 Å². The van der Waals surface area contributed by atoms with Crippen molar-refractivity contribution >= 4 is 27.5 Å². The van der Waals surface area contributed by atoms with Crippen LogP contribution in [0.5, 0.6) is 0 Å². The molecule has 1 aliphatic rings. The number of sulfone groups is 1. The van der Waals surface area contributed by atoms with Crippen LogP contribution in [0.4, 0.5) is 0 Å². The lowest BCUT2D eigenvalue weighted by Crippen LogP contribution is -2.44. The van der Waals surface area contributed by atoms with Gasteiger partial charge >= 0.3 is 0 Å². The second kappa shape index (κ2) is 8.33. The number of hydrogen-bond donors (Lipinski definition) is 1. The van der Waals surface area contributed by atoms with Gasteiger partial charge in [0.05, 0.1) is 17.3 Å². The van der Waals surface area contributed by atoms with Crippen LogP contribution < -0.4 is 0 Å². The molecule has 1 N–H and O–H groups in total. The van der Waals surface area contributed by atoms with E-state index in [9.17, 15) is 13.2 Å². The maximum absolute atomic E-state index is 12.6. The number of aromatic nitrogens is 3. The van der Waals surface area contributed by atoms with Crippen LogP contribution in [0.3, 0.4) is 0 Å². The number of carbonyl (C=O) groups excluding carboxylic acids is 1. The first kappa shape index (κ1) is 19.2. The van der Waals surface area contributed by atoms with E-state index in [1.807, 2.05) is 13.8 Å². The molecule has 1 aliphatic heterocycles. The average molecular weight is 375 g/mol. The number of rotatable bonds is 8. The number of hydrogen-bond acceptors (Lipinski definition) is 6. The number of nitrogens with one attached hydrogen (secondary N) is 1. The smallest absolute Gasteiger partial charge is 0.233 e. The summed E-state index contributed by atoms with van der Waals surface area (Å²) in [6, 6.07) is -0.201. The molecule has 0 spiro atoms. The van der Waals surface area contributed by atoms with Crippen molar-refractivity contribution in [3.05, 3.63) is 5.82 Å². The Balaban J connectivity index is 1.96. The Morgan fingerprint density at radius 1 is 1.46 bits per heavy atom. The first-order valence-electron chi connectivity index (χ1n) is 8.34. The average Bonchev–Trinajstić information content (AvgIpc) is 3.09. The van der Waals surface area contributed by atoms with E-state index in [4.69, 9.17) is 0 Å². The van der Waals surface area contributed by atoms with Crippen LogP contribution in [0.15, 0.2) is 5.16 Å². The predicted molar refractivity (Wildman–Crippen MR) is 94.7 cm³/mol. The van der Waals surface area contributed by atoms with Gasteiger partial charge in [-0.25, -0.2) is 13.4 Å². The van der Waals surface area contributed by atoms with Gasteiger partial charge in [-0.3, -0.25) is 9.89 Å². The highest BCUT2D eigenvalue weighted by atomic mass is 32.2. The number of nitrogens with zero attached hydrogens (tertiary/aromatic N) is 3. The molecule has 1 aromatic rings. The van der Waals surface area contributed by atoms with Crippen molar-refractivity contribution in [2.24, 2.45) is 5.92 Å². The molecule has 1 aromatic heterocycles. The van der Waals surface area contributed by atoms with Crippen molar-refractivity contribution in [3.8, 4) is 0 Å². The molecule has 1 atom stereocenters.